The van der Waals surface area contributed by atoms with Crippen LogP contribution in [-0.4, -0.2) is 58.9 Å². The summed E-state index contributed by atoms with van der Waals surface area (Å²) in [6.07, 6.45) is -1.46. The highest BCUT2D eigenvalue weighted by Gasteiger charge is 2.30. The molecule has 3 heterocycles. The Labute approximate surface area is 169 Å². The molecule has 1 aliphatic rings. The van der Waals surface area contributed by atoms with E-state index in [1.165, 1.54) is 23.3 Å². The van der Waals surface area contributed by atoms with Gasteiger partial charge >= 0.3 is 6.18 Å². The number of tetrazole rings is 1. The van der Waals surface area contributed by atoms with Crippen molar-refractivity contribution in [2.24, 2.45) is 7.05 Å². The molecule has 9 nitrogen and oxygen atoms in total. The average molecular weight is 420 g/mol. The van der Waals surface area contributed by atoms with Gasteiger partial charge in [0.1, 0.15) is 12.2 Å². The van der Waals surface area contributed by atoms with Crippen molar-refractivity contribution in [3.63, 3.8) is 0 Å². The number of halogens is 3. The van der Waals surface area contributed by atoms with Gasteiger partial charge in [0, 0.05) is 25.7 Å². The van der Waals surface area contributed by atoms with Crippen molar-refractivity contribution >= 4 is 5.91 Å². The fourth-order valence-electron chi connectivity index (χ4n) is 3.38. The molecule has 1 fully saturated rings. The predicted octanol–water partition coefficient (Wildman–Crippen LogP) is 1.89. The first-order valence-electron chi connectivity index (χ1n) is 9.39. The number of likely N-dealkylation sites (tertiary alicyclic amines) is 1. The Morgan fingerprint density at radius 3 is 2.47 bits per heavy atom. The van der Waals surface area contributed by atoms with Crippen LogP contribution in [0.3, 0.4) is 0 Å². The van der Waals surface area contributed by atoms with Crippen LogP contribution in [0, 0.1) is 0 Å². The summed E-state index contributed by atoms with van der Waals surface area (Å²) >= 11 is 0. The Morgan fingerprint density at radius 1 is 1.17 bits per heavy atom. The average Bonchev–Trinajstić information content (AvgIpc) is 3.37. The molecule has 30 heavy (non-hydrogen) atoms. The number of rotatable bonds is 4. The van der Waals surface area contributed by atoms with Crippen LogP contribution in [0.25, 0.3) is 11.4 Å². The molecule has 0 bridgehead atoms. The number of amides is 1. The van der Waals surface area contributed by atoms with E-state index < -0.39 is 11.7 Å². The van der Waals surface area contributed by atoms with Crippen LogP contribution in [0.2, 0.25) is 0 Å². The molecular weight excluding hydrogens is 401 g/mol. The number of aryl methyl sites for hydroxylation is 1. The summed E-state index contributed by atoms with van der Waals surface area (Å²) in [5.74, 6) is 0.868. The van der Waals surface area contributed by atoms with Crippen molar-refractivity contribution in [1.82, 2.24) is 39.9 Å². The van der Waals surface area contributed by atoms with Crippen molar-refractivity contribution < 1.29 is 18.0 Å². The van der Waals surface area contributed by atoms with Crippen LogP contribution in [0.15, 0.2) is 30.6 Å². The third-order valence-corrected chi connectivity index (χ3v) is 5.16. The highest BCUT2D eigenvalue weighted by atomic mass is 19.4. The molecule has 0 atom stereocenters. The topological polar surface area (TPSA) is 94.6 Å². The summed E-state index contributed by atoms with van der Waals surface area (Å²) in [6.45, 7) is 1.11. The van der Waals surface area contributed by atoms with Gasteiger partial charge in [0.15, 0.2) is 0 Å². The molecule has 0 aliphatic carbocycles. The number of benzene rings is 1. The molecular formula is C18H19F3N8O. The Balaban J connectivity index is 1.36. The fraction of sp³-hybridized carbons (Fsp3) is 0.444. The Morgan fingerprint density at radius 2 is 1.87 bits per heavy atom. The lowest BCUT2D eigenvalue weighted by Crippen LogP contribution is -2.40. The van der Waals surface area contributed by atoms with E-state index in [-0.39, 0.29) is 24.2 Å². The lowest BCUT2D eigenvalue weighted by molar-refractivity contribution is -0.137. The normalized spacial score (nSPS) is 15.5. The minimum absolute atomic E-state index is 0.0125. The number of nitrogens with zero attached hydrogens (tertiary/aromatic N) is 8. The number of carbonyl (C=O) groups excluding carboxylic acids is 1. The van der Waals surface area contributed by atoms with Gasteiger partial charge in [-0.3, -0.25) is 9.48 Å². The number of aromatic nitrogens is 7. The van der Waals surface area contributed by atoms with Crippen molar-refractivity contribution in [3.05, 3.63) is 42.0 Å². The van der Waals surface area contributed by atoms with E-state index >= 15 is 0 Å². The summed E-state index contributed by atoms with van der Waals surface area (Å²) in [7, 11) is 1.74. The van der Waals surface area contributed by atoms with Gasteiger partial charge in [-0.25, -0.2) is 4.98 Å². The predicted molar refractivity (Wildman–Crippen MR) is 97.8 cm³/mol. The summed E-state index contributed by atoms with van der Waals surface area (Å²) in [5.41, 5.74) is -0.262. The molecule has 0 radical (unpaired) electrons. The van der Waals surface area contributed by atoms with Gasteiger partial charge in [-0.1, -0.05) is 12.1 Å². The van der Waals surface area contributed by atoms with Crippen LogP contribution in [-0.2, 0) is 24.4 Å². The largest absolute Gasteiger partial charge is 0.416 e. The zero-order chi connectivity index (χ0) is 21.3. The second-order valence-electron chi connectivity index (χ2n) is 7.10. The van der Waals surface area contributed by atoms with Gasteiger partial charge in [-0.15, -0.1) is 10.2 Å². The smallest absolute Gasteiger partial charge is 0.342 e. The zero-order valence-corrected chi connectivity index (χ0v) is 16.1. The molecule has 1 aliphatic heterocycles. The van der Waals surface area contributed by atoms with Crippen molar-refractivity contribution in [2.75, 3.05) is 13.1 Å². The second-order valence-corrected chi connectivity index (χ2v) is 7.10. The molecule has 3 aromatic rings. The summed E-state index contributed by atoms with van der Waals surface area (Å²) in [5, 5.41) is 16.3. The monoisotopic (exact) mass is 420 g/mol. The SMILES string of the molecule is Cn1ncnc1CC(=O)N1CCC(n2nnc(-c3ccc(C(F)(F)F)cc3)n2)CC1. The molecule has 12 heteroatoms. The Hall–Kier alpha value is -3.31. The number of carbonyl (C=O) groups is 1. The molecule has 2 aromatic heterocycles. The van der Waals surface area contributed by atoms with Crippen LogP contribution in [0.1, 0.15) is 30.3 Å². The molecule has 1 amide bonds. The van der Waals surface area contributed by atoms with E-state index in [9.17, 15) is 18.0 Å². The molecule has 0 unspecified atom stereocenters. The minimum Gasteiger partial charge on any atom is -0.342 e. The molecule has 0 saturated carbocycles. The van der Waals surface area contributed by atoms with Gasteiger partial charge in [0.25, 0.3) is 0 Å². The summed E-state index contributed by atoms with van der Waals surface area (Å²) < 4.78 is 39.7. The molecule has 1 aromatic carbocycles. The molecule has 1 saturated heterocycles. The van der Waals surface area contributed by atoms with E-state index in [1.54, 1.807) is 16.6 Å². The summed E-state index contributed by atoms with van der Waals surface area (Å²) in [4.78, 5) is 19.8. The standard InChI is InChI=1S/C18H19F3N8O/c1-27-15(22-11-23-27)10-16(30)28-8-6-14(7-9-28)29-25-17(24-26-29)12-2-4-13(5-3-12)18(19,20)21/h2-5,11,14H,6-10H2,1H3. The van der Waals surface area contributed by atoms with Gasteiger partial charge in [0.2, 0.25) is 11.7 Å². The van der Waals surface area contributed by atoms with Crippen LogP contribution < -0.4 is 0 Å². The highest BCUT2D eigenvalue weighted by Crippen LogP contribution is 2.30. The Bertz CT molecular complexity index is 1020. The van der Waals surface area contributed by atoms with Gasteiger partial charge < -0.3 is 4.90 Å². The Kier molecular flexibility index (Phi) is 5.22. The van der Waals surface area contributed by atoms with Crippen LogP contribution in [0.5, 0.6) is 0 Å². The van der Waals surface area contributed by atoms with Crippen LogP contribution in [0.4, 0.5) is 13.2 Å². The van der Waals surface area contributed by atoms with E-state index in [4.69, 9.17) is 0 Å². The fourth-order valence-corrected chi connectivity index (χ4v) is 3.38. The van der Waals surface area contributed by atoms with Crippen molar-refractivity contribution in [2.45, 2.75) is 31.5 Å². The minimum atomic E-state index is -4.39. The lowest BCUT2D eigenvalue weighted by Gasteiger charge is -2.31. The maximum absolute atomic E-state index is 12.7. The molecule has 0 N–H and O–H groups in total. The summed E-state index contributed by atoms with van der Waals surface area (Å²) in [6, 6.07) is 4.63. The van der Waals surface area contributed by atoms with Gasteiger partial charge in [-0.2, -0.15) is 23.1 Å². The van der Waals surface area contributed by atoms with Crippen molar-refractivity contribution in [1.29, 1.82) is 0 Å². The maximum atomic E-state index is 12.7. The van der Waals surface area contributed by atoms with Gasteiger partial charge in [-0.05, 0) is 30.2 Å². The highest BCUT2D eigenvalue weighted by molar-refractivity contribution is 5.78. The van der Waals surface area contributed by atoms with Crippen molar-refractivity contribution in [3.8, 4) is 11.4 Å². The first-order chi connectivity index (χ1) is 14.3. The van der Waals surface area contributed by atoms with E-state index in [0.29, 0.717) is 37.3 Å². The second kappa shape index (κ2) is 7.84. The first kappa shape index (κ1) is 20.0. The van der Waals surface area contributed by atoms with E-state index in [0.717, 1.165) is 12.1 Å². The molecule has 0 spiro atoms. The first-order valence-corrected chi connectivity index (χ1v) is 9.39. The van der Waals surface area contributed by atoms with E-state index in [1.807, 2.05) is 0 Å². The zero-order valence-electron chi connectivity index (χ0n) is 16.1. The molecule has 158 valence electrons. The van der Waals surface area contributed by atoms with Crippen LogP contribution >= 0.6 is 0 Å². The van der Waals surface area contributed by atoms with E-state index in [2.05, 4.69) is 25.5 Å². The number of alkyl halides is 3. The number of piperidine rings is 1. The third-order valence-electron chi connectivity index (χ3n) is 5.16. The number of hydrogen-bond acceptors (Lipinski definition) is 6. The molecule has 4 rings (SSSR count). The quantitative estimate of drug-likeness (QED) is 0.640. The lowest BCUT2D eigenvalue weighted by atomic mass is 10.1. The maximum Gasteiger partial charge on any atom is 0.416 e. The third kappa shape index (κ3) is 4.16. The van der Waals surface area contributed by atoms with Gasteiger partial charge in [0.05, 0.1) is 18.0 Å². The number of hydrogen-bond donors (Lipinski definition) is 0.